The first-order valence-corrected chi connectivity index (χ1v) is 6.37. The number of allylic oxidation sites excluding steroid dienone is 1. The first-order valence-electron chi connectivity index (χ1n) is 5.58. The van der Waals surface area contributed by atoms with Crippen LogP contribution in [0.25, 0.3) is 11.6 Å². The Balaban J connectivity index is 2.54. The van der Waals surface area contributed by atoms with Gasteiger partial charge in [-0.2, -0.15) is 10.4 Å². The van der Waals surface area contributed by atoms with Crippen LogP contribution in [0.3, 0.4) is 0 Å². The van der Waals surface area contributed by atoms with Gasteiger partial charge in [-0.15, -0.1) is 0 Å². The lowest BCUT2D eigenvalue weighted by Gasteiger charge is -2.03. The van der Waals surface area contributed by atoms with Gasteiger partial charge in [0.2, 0.25) is 0 Å². The van der Waals surface area contributed by atoms with Gasteiger partial charge in [0.25, 0.3) is 0 Å². The zero-order valence-corrected chi connectivity index (χ0v) is 12.1. The van der Waals surface area contributed by atoms with Crippen LogP contribution in [0.4, 0.5) is 4.39 Å². The van der Waals surface area contributed by atoms with Crippen molar-refractivity contribution >= 4 is 27.6 Å². The fourth-order valence-electron chi connectivity index (χ4n) is 1.79. The van der Waals surface area contributed by atoms with E-state index >= 15 is 0 Å². The van der Waals surface area contributed by atoms with Gasteiger partial charge in [0.15, 0.2) is 0 Å². The molecule has 0 spiro atoms. The molecule has 0 aliphatic carbocycles. The van der Waals surface area contributed by atoms with E-state index in [1.165, 1.54) is 12.1 Å². The summed E-state index contributed by atoms with van der Waals surface area (Å²) in [5, 5.41) is 13.3. The molecule has 3 nitrogen and oxygen atoms in total. The van der Waals surface area contributed by atoms with Crippen LogP contribution in [-0.4, -0.2) is 9.78 Å². The summed E-state index contributed by atoms with van der Waals surface area (Å²) in [6.45, 7) is 1.79. The van der Waals surface area contributed by atoms with Gasteiger partial charge in [-0.05, 0) is 52.2 Å². The fraction of sp³-hybridized carbons (Fsp3) is 0.143. The predicted octanol–water partition coefficient (Wildman–Crippen LogP) is 3.69. The van der Waals surface area contributed by atoms with Crippen LogP contribution in [-0.2, 0) is 7.05 Å². The van der Waals surface area contributed by atoms with Gasteiger partial charge in [0.05, 0.1) is 28.0 Å². The Morgan fingerprint density at radius 1 is 1.47 bits per heavy atom. The van der Waals surface area contributed by atoms with Crippen molar-refractivity contribution in [3.63, 3.8) is 0 Å². The van der Waals surface area contributed by atoms with Crippen LogP contribution < -0.4 is 0 Å². The van der Waals surface area contributed by atoms with Gasteiger partial charge in [0, 0.05) is 7.05 Å². The maximum atomic E-state index is 13.4. The molecule has 0 N–H and O–H groups in total. The molecule has 0 fully saturated rings. The van der Waals surface area contributed by atoms with E-state index in [2.05, 4.69) is 27.1 Å². The monoisotopic (exact) mass is 319 g/mol. The number of hydrogen-bond donors (Lipinski definition) is 0. The molecule has 1 aromatic carbocycles. The first-order chi connectivity index (χ1) is 9.01. The highest BCUT2D eigenvalue weighted by molar-refractivity contribution is 9.10. The zero-order chi connectivity index (χ0) is 14.0. The topological polar surface area (TPSA) is 41.6 Å². The standard InChI is InChI=1S/C14H11BrFN3/c1-9-3-10(5-12(16)4-9)11(7-17)6-14-13(15)8-18-19(14)2/h3-6,8H,1-2H3/b11-6+. The van der Waals surface area contributed by atoms with Crippen molar-refractivity contribution in [2.24, 2.45) is 7.05 Å². The minimum absolute atomic E-state index is 0.347. The third kappa shape index (κ3) is 2.91. The maximum Gasteiger partial charge on any atom is 0.124 e. The van der Waals surface area contributed by atoms with E-state index in [4.69, 9.17) is 0 Å². The Kier molecular flexibility index (Phi) is 3.82. The molecule has 0 bridgehead atoms. The second kappa shape index (κ2) is 5.37. The summed E-state index contributed by atoms with van der Waals surface area (Å²) in [6.07, 6.45) is 3.34. The van der Waals surface area contributed by atoms with E-state index in [9.17, 15) is 9.65 Å². The summed E-state index contributed by atoms with van der Waals surface area (Å²) in [6, 6.07) is 6.66. The van der Waals surface area contributed by atoms with E-state index in [0.717, 1.165) is 15.7 Å². The highest BCUT2D eigenvalue weighted by Gasteiger charge is 2.08. The van der Waals surface area contributed by atoms with E-state index in [-0.39, 0.29) is 5.82 Å². The van der Waals surface area contributed by atoms with Gasteiger partial charge in [0.1, 0.15) is 5.82 Å². The minimum Gasteiger partial charge on any atom is -0.267 e. The molecule has 96 valence electrons. The van der Waals surface area contributed by atoms with Gasteiger partial charge in [-0.25, -0.2) is 4.39 Å². The van der Waals surface area contributed by atoms with E-state index < -0.39 is 0 Å². The molecule has 2 aromatic rings. The average molecular weight is 320 g/mol. The summed E-state index contributed by atoms with van der Waals surface area (Å²) in [4.78, 5) is 0. The van der Waals surface area contributed by atoms with Crippen molar-refractivity contribution in [3.05, 3.63) is 51.5 Å². The van der Waals surface area contributed by atoms with Crippen molar-refractivity contribution in [1.82, 2.24) is 9.78 Å². The molecule has 0 saturated carbocycles. The highest BCUT2D eigenvalue weighted by atomic mass is 79.9. The Morgan fingerprint density at radius 2 is 2.21 bits per heavy atom. The van der Waals surface area contributed by atoms with Gasteiger partial charge in [-0.1, -0.05) is 6.07 Å². The molecule has 19 heavy (non-hydrogen) atoms. The second-order valence-corrected chi connectivity index (χ2v) is 5.04. The van der Waals surface area contributed by atoms with Gasteiger partial charge in [-0.3, -0.25) is 4.68 Å². The molecule has 0 amide bonds. The van der Waals surface area contributed by atoms with Crippen molar-refractivity contribution in [3.8, 4) is 6.07 Å². The highest BCUT2D eigenvalue weighted by Crippen LogP contribution is 2.23. The predicted molar refractivity (Wildman–Crippen MR) is 75.5 cm³/mol. The van der Waals surface area contributed by atoms with Gasteiger partial charge >= 0.3 is 0 Å². The summed E-state index contributed by atoms with van der Waals surface area (Å²) in [5.41, 5.74) is 2.50. The van der Waals surface area contributed by atoms with Crippen LogP contribution in [0.15, 0.2) is 28.9 Å². The Hall–Kier alpha value is -1.93. The summed E-state index contributed by atoms with van der Waals surface area (Å²) >= 11 is 3.36. The Labute approximate surface area is 119 Å². The Morgan fingerprint density at radius 3 is 2.74 bits per heavy atom. The first kappa shape index (κ1) is 13.5. The van der Waals surface area contributed by atoms with Crippen LogP contribution in [0.2, 0.25) is 0 Å². The van der Waals surface area contributed by atoms with E-state index in [1.807, 2.05) is 0 Å². The smallest absolute Gasteiger partial charge is 0.124 e. The minimum atomic E-state index is -0.347. The number of aromatic nitrogens is 2. The van der Waals surface area contributed by atoms with Crippen LogP contribution in [0.5, 0.6) is 0 Å². The molecule has 0 unspecified atom stereocenters. The molecule has 0 atom stereocenters. The molecule has 0 radical (unpaired) electrons. The molecule has 0 saturated heterocycles. The quantitative estimate of drug-likeness (QED) is 0.792. The number of benzene rings is 1. The molecule has 1 heterocycles. The van der Waals surface area contributed by atoms with E-state index in [0.29, 0.717) is 11.1 Å². The molecule has 1 aromatic heterocycles. The van der Waals surface area contributed by atoms with Crippen molar-refractivity contribution < 1.29 is 4.39 Å². The van der Waals surface area contributed by atoms with Crippen molar-refractivity contribution in [2.45, 2.75) is 6.92 Å². The van der Waals surface area contributed by atoms with Crippen LogP contribution in [0.1, 0.15) is 16.8 Å². The molecule has 0 aliphatic heterocycles. The van der Waals surface area contributed by atoms with Crippen molar-refractivity contribution in [1.29, 1.82) is 5.26 Å². The van der Waals surface area contributed by atoms with Crippen LogP contribution >= 0.6 is 15.9 Å². The SMILES string of the molecule is Cc1cc(F)cc(/C(C#N)=C/c2c(Br)cnn2C)c1. The number of nitrogens with zero attached hydrogens (tertiary/aromatic N) is 3. The number of halogens is 2. The molecular formula is C14H11BrFN3. The molecule has 0 aliphatic rings. The fourth-order valence-corrected chi connectivity index (χ4v) is 2.25. The zero-order valence-electron chi connectivity index (χ0n) is 10.5. The number of nitriles is 1. The summed E-state index contributed by atoms with van der Waals surface area (Å²) in [7, 11) is 1.78. The molecule has 2 rings (SSSR count). The van der Waals surface area contributed by atoms with Crippen LogP contribution in [0, 0.1) is 24.1 Å². The molecular weight excluding hydrogens is 309 g/mol. The lowest BCUT2D eigenvalue weighted by Crippen LogP contribution is -1.94. The lowest BCUT2D eigenvalue weighted by atomic mass is 10.0. The third-order valence-corrected chi connectivity index (χ3v) is 3.30. The number of aryl methyl sites for hydroxylation is 2. The van der Waals surface area contributed by atoms with Crippen molar-refractivity contribution in [2.75, 3.05) is 0 Å². The van der Waals surface area contributed by atoms with Gasteiger partial charge < -0.3 is 0 Å². The third-order valence-electron chi connectivity index (χ3n) is 2.69. The summed E-state index contributed by atoms with van der Waals surface area (Å²) < 4.78 is 15.8. The average Bonchev–Trinajstić information content (AvgIpc) is 2.65. The normalized spacial score (nSPS) is 11.4. The maximum absolute atomic E-state index is 13.4. The summed E-state index contributed by atoms with van der Waals surface area (Å²) in [5.74, 6) is -0.347. The molecule has 5 heteroatoms. The lowest BCUT2D eigenvalue weighted by molar-refractivity contribution is 0.626. The van der Waals surface area contributed by atoms with E-state index in [1.54, 1.807) is 37.0 Å². The second-order valence-electron chi connectivity index (χ2n) is 4.19. The Bertz CT molecular complexity index is 655. The number of hydrogen-bond acceptors (Lipinski definition) is 2. The largest absolute Gasteiger partial charge is 0.267 e. The number of rotatable bonds is 2.